The monoisotopic (exact) mass is 692 g/mol. The van der Waals surface area contributed by atoms with E-state index in [2.05, 4.69) is 18.0 Å². The van der Waals surface area contributed by atoms with E-state index >= 15 is 0 Å². The first-order valence-corrected chi connectivity index (χ1v) is 21.3. The van der Waals surface area contributed by atoms with Crippen LogP contribution in [0.2, 0.25) is 0 Å². The summed E-state index contributed by atoms with van der Waals surface area (Å²) in [5.74, 6) is -1.29. The molecule has 0 heterocycles. The maximum absolute atomic E-state index is 13.7. The van der Waals surface area contributed by atoms with Crippen molar-refractivity contribution in [3.63, 3.8) is 0 Å². The van der Waals surface area contributed by atoms with Crippen LogP contribution < -0.4 is 0 Å². The Morgan fingerprint density at radius 1 is 0.500 bits per heavy atom. The normalized spacial score (nSPS) is 14.9. The molecule has 0 radical (unpaired) electrons. The molecule has 0 saturated heterocycles. The summed E-state index contributed by atoms with van der Waals surface area (Å²) in [6, 6.07) is 0. The van der Waals surface area contributed by atoms with Crippen LogP contribution in [0.15, 0.2) is 0 Å². The molecule has 0 spiro atoms. The summed E-state index contributed by atoms with van der Waals surface area (Å²) in [5.41, 5.74) is 0. The Bertz CT molecular complexity index is 1010. The van der Waals surface area contributed by atoms with Gasteiger partial charge in [0.25, 0.3) is 0 Å². The van der Waals surface area contributed by atoms with Gasteiger partial charge in [0.1, 0.15) is 0 Å². The molecule has 0 aromatic heterocycles. The van der Waals surface area contributed by atoms with Gasteiger partial charge >= 0.3 is 34.9 Å². The smallest absolute Gasteiger partial charge is 0.270 e. The molecule has 44 heavy (non-hydrogen) atoms. The maximum Gasteiger partial charge on any atom is 0.402 e. The molecule has 0 saturated carbocycles. The van der Waals surface area contributed by atoms with Gasteiger partial charge in [0.2, 0.25) is 0 Å². The minimum atomic E-state index is -5.18. The highest BCUT2D eigenvalue weighted by atomic mass is 32.3. The van der Waals surface area contributed by atoms with E-state index < -0.39 is 40.8 Å². The van der Waals surface area contributed by atoms with E-state index in [1.807, 2.05) is 6.92 Å². The lowest BCUT2D eigenvalue weighted by molar-refractivity contribution is 0.0971. The van der Waals surface area contributed by atoms with Gasteiger partial charge < -0.3 is 0 Å². The highest BCUT2D eigenvalue weighted by molar-refractivity contribution is 8.06. The molecule has 0 amide bonds. The van der Waals surface area contributed by atoms with Crippen molar-refractivity contribution in [2.24, 2.45) is 5.92 Å². The molecule has 0 fully saturated rings. The van der Waals surface area contributed by atoms with Crippen LogP contribution in [0.4, 0.5) is 0 Å². The molecule has 0 aromatic carbocycles. The summed E-state index contributed by atoms with van der Waals surface area (Å²) in [6.07, 6.45) is 19.2. The van der Waals surface area contributed by atoms with Gasteiger partial charge in [-0.15, -0.1) is 0 Å². The van der Waals surface area contributed by atoms with Crippen molar-refractivity contribution in [2.45, 2.75) is 173 Å². The molecule has 0 rings (SSSR count). The highest BCUT2D eigenvalue weighted by Gasteiger charge is 2.66. The molecule has 0 aliphatic rings. The molecule has 2 unspecified atom stereocenters. The third kappa shape index (κ3) is 16.5. The zero-order valence-electron chi connectivity index (χ0n) is 28.4. The van der Waals surface area contributed by atoms with Crippen LogP contribution in [0.5, 0.6) is 0 Å². The Kier molecular flexibility index (Phi) is 24.6. The second-order valence-corrected chi connectivity index (χ2v) is 16.8. The number of hydrogen-bond acceptors (Lipinski definition) is 10. The van der Waals surface area contributed by atoms with Crippen LogP contribution in [0.1, 0.15) is 169 Å². The molecule has 0 aliphatic carbocycles. The largest absolute Gasteiger partial charge is 0.402 e. The van der Waals surface area contributed by atoms with Gasteiger partial charge in [0.05, 0.1) is 20.3 Å². The average Bonchev–Trinajstić information content (AvgIpc) is 2.98. The highest BCUT2D eigenvalue weighted by Crippen LogP contribution is 2.43. The van der Waals surface area contributed by atoms with E-state index in [-0.39, 0.29) is 26.1 Å². The summed E-state index contributed by atoms with van der Waals surface area (Å²) < 4.78 is 96.9. The summed E-state index contributed by atoms with van der Waals surface area (Å²) in [6.45, 7) is 7.17. The van der Waals surface area contributed by atoms with Crippen molar-refractivity contribution in [3.05, 3.63) is 0 Å². The van der Waals surface area contributed by atoms with E-state index in [9.17, 15) is 25.3 Å². The summed E-state index contributed by atoms with van der Waals surface area (Å²) in [4.78, 5) is 0. The quantitative estimate of drug-likeness (QED) is 0.0498. The lowest BCUT2D eigenvalue weighted by Crippen LogP contribution is -2.56. The predicted octanol–water partition coefficient (Wildman–Crippen LogP) is 8.52. The van der Waals surface area contributed by atoms with E-state index in [4.69, 9.17) is 12.5 Å². The average molecular weight is 693 g/mol. The summed E-state index contributed by atoms with van der Waals surface area (Å²) in [5, 5.41) is 0. The Hall–Kier alpha value is -0.310. The SMILES string of the molecule is CCCCCCCCCCCCCCOS(=O)(=O)OC(C(CC)CCCC)(S(=O)(=O)OC)S(=O)(=O)OCCCCCCCC. The maximum atomic E-state index is 13.7. The second kappa shape index (κ2) is 24.8. The topological polar surface area (TPSA) is 139 Å². The van der Waals surface area contributed by atoms with Crippen LogP contribution >= 0.6 is 0 Å². The number of unbranched alkanes of at least 4 members (excludes halogenated alkanes) is 17. The third-order valence-electron chi connectivity index (χ3n) is 8.00. The van der Waals surface area contributed by atoms with Crippen molar-refractivity contribution in [2.75, 3.05) is 20.3 Å². The Morgan fingerprint density at radius 2 is 0.886 bits per heavy atom. The van der Waals surface area contributed by atoms with Gasteiger partial charge in [-0.3, -0.25) is 8.37 Å². The first-order chi connectivity index (χ1) is 20.9. The third-order valence-corrected chi connectivity index (χ3v) is 13.5. The van der Waals surface area contributed by atoms with Crippen molar-refractivity contribution >= 4 is 30.6 Å². The molecule has 0 aliphatic heterocycles. The molecule has 10 nitrogen and oxygen atoms in total. The van der Waals surface area contributed by atoms with Gasteiger partial charge in [-0.25, -0.2) is 8.37 Å². The van der Waals surface area contributed by atoms with E-state index in [1.54, 1.807) is 6.92 Å². The molecule has 0 aromatic rings. The van der Waals surface area contributed by atoms with E-state index in [0.29, 0.717) is 32.1 Å². The lowest BCUT2D eigenvalue weighted by Gasteiger charge is -2.35. The van der Waals surface area contributed by atoms with Crippen LogP contribution in [0, 0.1) is 5.92 Å². The molecule has 0 N–H and O–H groups in total. The van der Waals surface area contributed by atoms with Crippen LogP contribution in [0.3, 0.4) is 0 Å². The van der Waals surface area contributed by atoms with E-state index in [1.165, 1.54) is 44.9 Å². The fourth-order valence-electron chi connectivity index (χ4n) is 5.29. The molecule has 2 atom stereocenters. The Balaban J connectivity index is 5.44. The fraction of sp³-hybridized carbons (Fsp3) is 1.00. The molecule has 266 valence electrons. The van der Waals surface area contributed by atoms with Crippen molar-refractivity contribution in [1.82, 2.24) is 0 Å². The van der Waals surface area contributed by atoms with Crippen molar-refractivity contribution in [1.29, 1.82) is 0 Å². The Labute approximate surface area is 271 Å². The first-order valence-electron chi connectivity index (χ1n) is 17.2. The van der Waals surface area contributed by atoms with Gasteiger partial charge in [-0.2, -0.15) is 25.3 Å². The van der Waals surface area contributed by atoms with Crippen LogP contribution in [0.25, 0.3) is 0 Å². The zero-order valence-corrected chi connectivity index (χ0v) is 30.8. The molecule has 0 bridgehead atoms. The summed E-state index contributed by atoms with van der Waals surface area (Å²) >= 11 is 0. The van der Waals surface area contributed by atoms with Crippen molar-refractivity contribution < 1.29 is 42.0 Å². The minimum Gasteiger partial charge on any atom is -0.270 e. The fourth-order valence-corrected chi connectivity index (χ4v) is 10.7. The summed E-state index contributed by atoms with van der Waals surface area (Å²) in [7, 11) is -14.6. The zero-order chi connectivity index (χ0) is 33.4. The standard InChI is InChI=1S/C31H64O10S3/c1-6-10-13-15-17-18-19-20-21-22-24-26-29-40-44(36,37)41-31(42(32,33)38-5,30(9-4)27-12-8-3)43(34,35)39-28-25-23-16-14-11-7-2/h30H,6-29H2,1-5H3. The molecular formula is C31H64O10S3. The van der Waals surface area contributed by atoms with Gasteiger partial charge in [-0.05, 0) is 25.7 Å². The molecule has 13 heteroatoms. The Morgan fingerprint density at radius 3 is 1.27 bits per heavy atom. The van der Waals surface area contributed by atoms with E-state index in [0.717, 1.165) is 58.5 Å². The van der Waals surface area contributed by atoms with Crippen molar-refractivity contribution in [3.8, 4) is 0 Å². The van der Waals surface area contributed by atoms with Crippen LogP contribution in [-0.2, 0) is 47.4 Å². The lowest BCUT2D eigenvalue weighted by atomic mass is 10.00. The van der Waals surface area contributed by atoms with Gasteiger partial charge in [-0.1, -0.05) is 143 Å². The minimum absolute atomic E-state index is 0.0174. The number of rotatable bonds is 32. The van der Waals surface area contributed by atoms with Gasteiger partial charge in [0.15, 0.2) is 0 Å². The molecular weight excluding hydrogens is 629 g/mol. The first kappa shape index (κ1) is 43.7. The van der Waals surface area contributed by atoms with Crippen LogP contribution in [-0.4, -0.2) is 49.8 Å². The number of hydrogen-bond donors (Lipinski definition) is 0. The second-order valence-electron chi connectivity index (χ2n) is 11.7. The van der Waals surface area contributed by atoms with Gasteiger partial charge in [0, 0.05) is 5.92 Å². The predicted molar refractivity (Wildman–Crippen MR) is 177 cm³/mol.